The average Bonchev–Trinajstić information content (AvgIpc) is 3.04. The molecule has 8 N–H and O–H groups in total. The second kappa shape index (κ2) is 13.4. The fraction of sp³-hybridized carbons (Fsp3) is 0.483. The Morgan fingerprint density at radius 2 is 1.42 bits per heavy atom. The summed E-state index contributed by atoms with van der Waals surface area (Å²) in [5.74, 6) is -0.170. The number of phenols is 1. The third-order valence-electron chi connectivity index (χ3n) is 7.74. The molecule has 0 bridgehead atoms. The molecule has 1 aromatic heterocycles. The number of aliphatic hydroxyl groups is 7. The predicted molar refractivity (Wildman–Crippen MR) is 150 cm³/mol. The fourth-order valence-corrected chi connectivity index (χ4v) is 5.17. The van der Waals surface area contributed by atoms with Gasteiger partial charge in [0, 0.05) is 6.07 Å². The molecule has 2 fully saturated rings. The van der Waals surface area contributed by atoms with Gasteiger partial charge in [0.05, 0.1) is 33.0 Å². The number of fused-ring (bicyclic) bond motifs is 1. The van der Waals surface area contributed by atoms with E-state index in [0.29, 0.717) is 5.56 Å². The van der Waals surface area contributed by atoms with Crippen LogP contribution in [0.5, 0.6) is 23.0 Å². The van der Waals surface area contributed by atoms with Crippen molar-refractivity contribution in [2.45, 2.75) is 61.4 Å². The molecule has 0 radical (unpaired) electrons. The molecule has 16 nitrogen and oxygen atoms in total. The van der Waals surface area contributed by atoms with Crippen molar-refractivity contribution >= 4 is 11.0 Å². The van der Waals surface area contributed by atoms with Crippen LogP contribution in [0, 0.1) is 0 Å². The van der Waals surface area contributed by atoms with E-state index in [0.717, 1.165) is 0 Å². The van der Waals surface area contributed by atoms with Crippen molar-refractivity contribution in [3.8, 4) is 34.1 Å². The lowest BCUT2D eigenvalue weighted by molar-refractivity contribution is -0.323. The summed E-state index contributed by atoms with van der Waals surface area (Å²) in [5, 5.41) is 81.4. The molecule has 10 unspecified atom stereocenters. The molecular weight excluding hydrogens is 604 g/mol. The Morgan fingerprint density at radius 1 is 0.800 bits per heavy atom. The van der Waals surface area contributed by atoms with Gasteiger partial charge in [-0.25, -0.2) is 0 Å². The van der Waals surface area contributed by atoms with Crippen molar-refractivity contribution < 1.29 is 73.7 Å². The fourth-order valence-electron chi connectivity index (χ4n) is 5.17. The summed E-state index contributed by atoms with van der Waals surface area (Å²) in [7, 11) is 2.69. The lowest BCUT2D eigenvalue weighted by Gasteiger charge is -2.42. The smallest absolute Gasteiger partial charge is 0.229 e. The highest BCUT2D eigenvalue weighted by molar-refractivity contribution is 5.91. The number of hydrogen-bond donors (Lipinski definition) is 8. The van der Waals surface area contributed by atoms with Crippen LogP contribution in [0.1, 0.15) is 0 Å². The van der Waals surface area contributed by atoms with Gasteiger partial charge in [0.2, 0.25) is 17.5 Å². The number of rotatable bonds is 9. The maximum Gasteiger partial charge on any atom is 0.229 e. The third-order valence-corrected chi connectivity index (χ3v) is 7.74. The molecule has 45 heavy (non-hydrogen) atoms. The third kappa shape index (κ3) is 6.17. The van der Waals surface area contributed by atoms with Gasteiger partial charge in [0.1, 0.15) is 71.8 Å². The van der Waals surface area contributed by atoms with Crippen molar-refractivity contribution in [1.29, 1.82) is 0 Å². The van der Waals surface area contributed by atoms with Gasteiger partial charge in [-0.2, -0.15) is 0 Å². The molecule has 2 aliphatic rings. The minimum Gasteiger partial charge on any atom is -0.504 e. The Balaban J connectivity index is 1.30. The van der Waals surface area contributed by atoms with E-state index in [4.69, 9.17) is 32.8 Å². The minimum absolute atomic E-state index is 0.0339. The largest absolute Gasteiger partial charge is 0.504 e. The standard InChI is InChI=1S/C29H34O16/c1-39-15-7-14-18(22(34)27(15)40-2)19(31)13(9-41-14)11-3-5-12(6-4-11)43-29-26(38)24(36)21(33)17(45-29)10-42-28-25(37)23(35)20(32)16(8-30)44-28/h3-7,9,16-17,20-21,23-26,28-30,32-38H,8,10H2,1-2H3. The molecule has 0 aliphatic carbocycles. The first-order valence-electron chi connectivity index (χ1n) is 13.8. The van der Waals surface area contributed by atoms with Crippen molar-refractivity contribution in [1.82, 2.24) is 0 Å². The van der Waals surface area contributed by atoms with E-state index in [-0.39, 0.29) is 33.8 Å². The second-order valence-corrected chi connectivity index (χ2v) is 10.5. The highest BCUT2D eigenvalue weighted by Crippen LogP contribution is 2.42. The minimum atomic E-state index is -1.74. The van der Waals surface area contributed by atoms with Gasteiger partial charge in [-0.15, -0.1) is 0 Å². The lowest BCUT2D eigenvalue weighted by Crippen LogP contribution is -2.62. The molecule has 2 saturated heterocycles. The summed E-state index contributed by atoms with van der Waals surface area (Å²) >= 11 is 0. The average molecular weight is 639 g/mol. The summed E-state index contributed by atoms with van der Waals surface area (Å²) in [4.78, 5) is 13.3. The highest BCUT2D eigenvalue weighted by atomic mass is 16.7. The molecule has 2 aliphatic heterocycles. The molecule has 3 aromatic rings. The van der Waals surface area contributed by atoms with Crippen LogP contribution in [0.3, 0.4) is 0 Å². The van der Waals surface area contributed by atoms with Crippen LogP contribution >= 0.6 is 0 Å². The van der Waals surface area contributed by atoms with Gasteiger partial charge in [0.15, 0.2) is 17.8 Å². The van der Waals surface area contributed by atoms with E-state index >= 15 is 0 Å². The predicted octanol–water partition coefficient (Wildman–Crippen LogP) is -1.81. The zero-order valence-electron chi connectivity index (χ0n) is 24.0. The van der Waals surface area contributed by atoms with Gasteiger partial charge in [-0.1, -0.05) is 12.1 Å². The Labute approximate surface area is 254 Å². The van der Waals surface area contributed by atoms with Crippen LogP contribution in [-0.4, -0.2) is 130 Å². The molecule has 5 rings (SSSR count). The summed E-state index contributed by atoms with van der Waals surface area (Å²) in [6, 6.07) is 7.32. The van der Waals surface area contributed by atoms with E-state index in [1.165, 1.54) is 50.8 Å². The maximum absolute atomic E-state index is 13.3. The first-order valence-corrected chi connectivity index (χ1v) is 13.8. The van der Waals surface area contributed by atoms with Gasteiger partial charge in [-0.3, -0.25) is 4.79 Å². The van der Waals surface area contributed by atoms with E-state index in [9.17, 15) is 45.6 Å². The van der Waals surface area contributed by atoms with Gasteiger partial charge < -0.3 is 73.7 Å². The number of hydrogen-bond acceptors (Lipinski definition) is 16. The van der Waals surface area contributed by atoms with E-state index in [1.807, 2.05) is 0 Å². The topological polar surface area (TPSA) is 247 Å². The monoisotopic (exact) mass is 638 g/mol. The van der Waals surface area contributed by atoms with Crippen LogP contribution < -0.4 is 19.6 Å². The number of aromatic hydroxyl groups is 1. The molecule has 246 valence electrons. The highest BCUT2D eigenvalue weighted by Gasteiger charge is 2.47. The van der Waals surface area contributed by atoms with E-state index < -0.39 is 85.8 Å². The SMILES string of the molecule is COc1cc2occ(-c3ccc(OC4OC(COC5OC(CO)C(O)C(O)C5O)C(O)C(O)C4O)cc3)c(=O)c2c(O)c1OC. The van der Waals surface area contributed by atoms with Crippen LogP contribution in [-0.2, 0) is 14.2 Å². The molecule has 10 atom stereocenters. The molecule has 0 saturated carbocycles. The second-order valence-electron chi connectivity index (χ2n) is 10.5. The Kier molecular flexibility index (Phi) is 9.80. The number of methoxy groups -OCH3 is 2. The van der Waals surface area contributed by atoms with Crippen LogP contribution in [0.2, 0.25) is 0 Å². The van der Waals surface area contributed by atoms with Crippen molar-refractivity contribution in [3.05, 3.63) is 46.8 Å². The van der Waals surface area contributed by atoms with Crippen molar-refractivity contribution in [2.24, 2.45) is 0 Å². The Morgan fingerprint density at radius 3 is 2.04 bits per heavy atom. The maximum atomic E-state index is 13.3. The number of ether oxygens (including phenoxy) is 6. The molecule has 0 amide bonds. The lowest BCUT2D eigenvalue weighted by atomic mass is 9.98. The zero-order valence-corrected chi connectivity index (χ0v) is 24.0. The van der Waals surface area contributed by atoms with Crippen molar-refractivity contribution in [2.75, 3.05) is 27.4 Å². The van der Waals surface area contributed by atoms with Gasteiger partial charge >= 0.3 is 0 Å². The van der Waals surface area contributed by atoms with Crippen LogP contribution in [0.15, 0.2) is 45.8 Å². The Hall–Kier alpha value is -3.55. The van der Waals surface area contributed by atoms with Crippen molar-refractivity contribution in [3.63, 3.8) is 0 Å². The molecule has 0 spiro atoms. The molecule has 2 aromatic carbocycles. The van der Waals surface area contributed by atoms with Gasteiger partial charge in [0.25, 0.3) is 0 Å². The normalized spacial score (nSPS) is 31.9. The summed E-state index contributed by atoms with van der Waals surface area (Å²) in [6.45, 7) is -1.20. The zero-order chi connectivity index (χ0) is 32.6. The summed E-state index contributed by atoms with van der Waals surface area (Å²) in [6.07, 6.45) is -14.5. The van der Waals surface area contributed by atoms with Crippen LogP contribution in [0.25, 0.3) is 22.1 Å². The summed E-state index contributed by atoms with van der Waals surface area (Å²) in [5.41, 5.74) is 0.0231. The number of benzene rings is 2. The van der Waals surface area contributed by atoms with E-state index in [1.54, 1.807) is 0 Å². The first-order chi connectivity index (χ1) is 21.5. The number of phenolic OH excluding ortho intramolecular Hbond substituents is 1. The van der Waals surface area contributed by atoms with E-state index in [2.05, 4.69) is 0 Å². The van der Waals surface area contributed by atoms with Gasteiger partial charge in [-0.05, 0) is 17.7 Å². The summed E-state index contributed by atoms with van der Waals surface area (Å²) < 4.78 is 38.0. The van der Waals surface area contributed by atoms with Crippen LogP contribution in [0.4, 0.5) is 0 Å². The quantitative estimate of drug-likeness (QED) is 0.129. The number of aliphatic hydroxyl groups excluding tert-OH is 7. The molecule has 16 heteroatoms. The molecule has 3 heterocycles. The molecular formula is C29H34O16. The first kappa shape index (κ1) is 32.8. The Bertz CT molecular complexity index is 1520.